The number of hydrogen-bond donors (Lipinski definition) is 0. The molecule has 0 heterocycles. The molecule has 0 radical (unpaired) electrons. The molecule has 0 aliphatic heterocycles. The van der Waals surface area contributed by atoms with Crippen LogP contribution in [-0.2, 0) is 6.42 Å². The Kier molecular flexibility index (Phi) is 2.99. The zero-order chi connectivity index (χ0) is 10.8. The highest BCUT2D eigenvalue weighted by molar-refractivity contribution is 5.15. The summed E-state index contributed by atoms with van der Waals surface area (Å²) in [5, 5.41) is 0. The van der Waals surface area contributed by atoms with Crippen LogP contribution >= 0.6 is 0 Å². The molecule has 2 fully saturated rings. The highest BCUT2D eigenvalue weighted by atomic mass is 14.4. The summed E-state index contributed by atoms with van der Waals surface area (Å²) in [6, 6.07) is 11.1. The standard InChI is InChI=1S/C16H22/c1-2-6-13(7-3-1)10-14-11-15-8-4-5-9-16(15)12-14/h1-3,6-7,14-16H,4-5,8-12H2. The number of benzene rings is 1. The van der Waals surface area contributed by atoms with Crippen LogP contribution in [0.5, 0.6) is 0 Å². The molecule has 3 rings (SSSR count). The minimum Gasteiger partial charge on any atom is -0.0622 e. The van der Waals surface area contributed by atoms with Gasteiger partial charge in [0.05, 0.1) is 0 Å². The average Bonchev–Trinajstić information content (AvgIpc) is 2.72. The van der Waals surface area contributed by atoms with E-state index in [9.17, 15) is 0 Å². The zero-order valence-electron chi connectivity index (χ0n) is 10.1. The van der Waals surface area contributed by atoms with Crippen molar-refractivity contribution in [2.24, 2.45) is 17.8 Å². The van der Waals surface area contributed by atoms with Gasteiger partial charge in [0.15, 0.2) is 0 Å². The Morgan fingerprint density at radius 1 is 0.875 bits per heavy atom. The van der Waals surface area contributed by atoms with E-state index in [1.54, 1.807) is 5.56 Å². The average molecular weight is 214 g/mol. The van der Waals surface area contributed by atoms with Gasteiger partial charge in [-0.1, -0.05) is 56.0 Å². The van der Waals surface area contributed by atoms with E-state index in [1.807, 2.05) is 0 Å². The minimum absolute atomic E-state index is 0.982. The molecular weight excluding hydrogens is 192 g/mol. The summed E-state index contributed by atoms with van der Waals surface area (Å²) in [5.74, 6) is 3.15. The van der Waals surface area contributed by atoms with Gasteiger partial charge in [0, 0.05) is 0 Å². The molecular formula is C16H22. The molecule has 0 N–H and O–H groups in total. The molecule has 86 valence electrons. The Morgan fingerprint density at radius 2 is 1.50 bits per heavy atom. The molecule has 0 nitrogen and oxygen atoms in total. The van der Waals surface area contributed by atoms with Gasteiger partial charge in [-0.15, -0.1) is 0 Å². The SMILES string of the molecule is c1ccc(CC2CC3CCCCC3C2)cc1. The van der Waals surface area contributed by atoms with E-state index < -0.39 is 0 Å². The summed E-state index contributed by atoms with van der Waals surface area (Å²) in [4.78, 5) is 0. The Morgan fingerprint density at radius 3 is 2.12 bits per heavy atom. The minimum atomic E-state index is 0.982. The van der Waals surface area contributed by atoms with Gasteiger partial charge in [-0.2, -0.15) is 0 Å². The van der Waals surface area contributed by atoms with Gasteiger partial charge in [-0.3, -0.25) is 0 Å². The van der Waals surface area contributed by atoms with Crippen LogP contribution in [0.2, 0.25) is 0 Å². The first-order chi connectivity index (χ1) is 7.92. The summed E-state index contributed by atoms with van der Waals surface area (Å²) in [5.41, 5.74) is 1.55. The van der Waals surface area contributed by atoms with Crippen molar-refractivity contribution in [3.8, 4) is 0 Å². The van der Waals surface area contributed by atoms with Crippen LogP contribution < -0.4 is 0 Å². The monoisotopic (exact) mass is 214 g/mol. The lowest BCUT2D eigenvalue weighted by atomic mass is 9.82. The maximum atomic E-state index is 2.29. The molecule has 2 saturated carbocycles. The third-order valence-corrected chi connectivity index (χ3v) is 4.71. The second-order valence-electron chi connectivity index (χ2n) is 5.83. The van der Waals surface area contributed by atoms with E-state index in [1.165, 1.54) is 44.9 Å². The maximum absolute atomic E-state index is 2.29. The zero-order valence-corrected chi connectivity index (χ0v) is 10.1. The van der Waals surface area contributed by atoms with Crippen molar-refractivity contribution in [1.29, 1.82) is 0 Å². The molecule has 0 saturated heterocycles. The molecule has 2 atom stereocenters. The number of fused-ring (bicyclic) bond motifs is 1. The Labute approximate surface area is 99.1 Å². The van der Waals surface area contributed by atoms with Crippen molar-refractivity contribution >= 4 is 0 Å². The van der Waals surface area contributed by atoms with E-state index in [0.29, 0.717) is 0 Å². The lowest BCUT2D eigenvalue weighted by Gasteiger charge is -2.24. The van der Waals surface area contributed by atoms with Gasteiger partial charge in [-0.05, 0) is 42.6 Å². The van der Waals surface area contributed by atoms with E-state index in [4.69, 9.17) is 0 Å². The first kappa shape index (κ1) is 10.4. The fraction of sp³-hybridized carbons (Fsp3) is 0.625. The summed E-state index contributed by atoms with van der Waals surface area (Å²) in [6.45, 7) is 0. The van der Waals surface area contributed by atoms with Crippen molar-refractivity contribution in [1.82, 2.24) is 0 Å². The Hall–Kier alpha value is -0.780. The fourth-order valence-corrected chi connectivity index (χ4v) is 3.97. The molecule has 0 aromatic heterocycles. The van der Waals surface area contributed by atoms with Crippen molar-refractivity contribution < 1.29 is 0 Å². The molecule has 2 unspecified atom stereocenters. The van der Waals surface area contributed by atoms with Gasteiger partial charge >= 0.3 is 0 Å². The van der Waals surface area contributed by atoms with E-state index in [2.05, 4.69) is 30.3 Å². The first-order valence-corrected chi connectivity index (χ1v) is 6.96. The third-order valence-electron chi connectivity index (χ3n) is 4.71. The fourth-order valence-electron chi connectivity index (χ4n) is 3.97. The second kappa shape index (κ2) is 4.61. The van der Waals surface area contributed by atoms with Gasteiger partial charge in [-0.25, -0.2) is 0 Å². The van der Waals surface area contributed by atoms with Crippen LogP contribution in [0.4, 0.5) is 0 Å². The molecule has 2 aliphatic rings. The summed E-state index contributed by atoms with van der Waals surface area (Å²) < 4.78 is 0. The summed E-state index contributed by atoms with van der Waals surface area (Å²) in [6.07, 6.45) is 10.4. The van der Waals surface area contributed by atoms with Crippen LogP contribution in [0, 0.1) is 17.8 Å². The van der Waals surface area contributed by atoms with Gasteiger partial charge in [0.1, 0.15) is 0 Å². The van der Waals surface area contributed by atoms with E-state index >= 15 is 0 Å². The quantitative estimate of drug-likeness (QED) is 0.682. The highest BCUT2D eigenvalue weighted by Gasteiger charge is 2.35. The smallest absolute Gasteiger partial charge is 0.0250 e. The molecule has 2 aliphatic carbocycles. The first-order valence-electron chi connectivity index (χ1n) is 6.96. The molecule has 0 spiro atoms. The van der Waals surface area contributed by atoms with E-state index in [-0.39, 0.29) is 0 Å². The summed E-state index contributed by atoms with van der Waals surface area (Å²) in [7, 11) is 0. The van der Waals surface area contributed by atoms with Gasteiger partial charge in [0.25, 0.3) is 0 Å². The largest absolute Gasteiger partial charge is 0.0622 e. The van der Waals surface area contributed by atoms with Crippen molar-refractivity contribution in [2.45, 2.75) is 44.9 Å². The van der Waals surface area contributed by atoms with Crippen LogP contribution in [0.3, 0.4) is 0 Å². The Bertz CT molecular complexity index is 313. The molecule has 1 aromatic rings. The van der Waals surface area contributed by atoms with Crippen LogP contribution in [0.25, 0.3) is 0 Å². The predicted molar refractivity (Wildman–Crippen MR) is 68.3 cm³/mol. The van der Waals surface area contributed by atoms with Crippen molar-refractivity contribution in [2.75, 3.05) is 0 Å². The number of rotatable bonds is 2. The van der Waals surface area contributed by atoms with Crippen molar-refractivity contribution in [3.05, 3.63) is 35.9 Å². The van der Waals surface area contributed by atoms with Gasteiger partial charge in [0.2, 0.25) is 0 Å². The highest BCUT2D eigenvalue weighted by Crippen LogP contribution is 2.45. The number of hydrogen-bond acceptors (Lipinski definition) is 0. The lowest BCUT2D eigenvalue weighted by Crippen LogP contribution is -2.12. The van der Waals surface area contributed by atoms with Gasteiger partial charge < -0.3 is 0 Å². The predicted octanol–water partition coefficient (Wildman–Crippen LogP) is 4.45. The maximum Gasteiger partial charge on any atom is -0.0250 e. The van der Waals surface area contributed by atoms with Crippen LogP contribution in [0.1, 0.15) is 44.1 Å². The third kappa shape index (κ3) is 2.16. The van der Waals surface area contributed by atoms with Crippen LogP contribution in [-0.4, -0.2) is 0 Å². The molecule has 0 heteroatoms. The lowest BCUT2D eigenvalue weighted by molar-refractivity contribution is 0.277. The topological polar surface area (TPSA) is 0 Å². The normalized spacial score (nSPS) is 33.6. The molecule has 0 bridgehead atoms. The van der Waals surface area contributed by atoms with Crippen LogP contribution in [0.15, 0.2) is 30.3 Å². The Balaban J connectivity index is 1.61. The van der Waals surface area contributed by atoms with E-state index in [0.717, 1.165) is 17.8 Å². The summed E-state index contributed by atoms with van der Waals surface area (Å²) >= 11 is 0. The molecule has 0 amide bonds. The second-order valence-corrected chi connectivity index (χ2v) is 5.83. The van der Waals surface area contributed by atoms with Crippen molar-refractivity contribution in [3.63, 3.8) is 0 Å². The molecule has 16 heavy (non-hydrogen) atoms. The molecule has 1 aromatic carbocycles.